The first kappa shape index (κ1) is 14.3. The largest absolute Gasteiger partial charge is 0.478 e. The van der Waals surface area contributed by atoms with Crippen LogP contribution < -0.4 is 4.74 Å². The van der Waals surface area contributed by atoms with Crippen LogP contribution in [0.1, 0.15) is 39.2 Å². The van der Waals surface area contributed by atoms with E-state index < -0.39 is 11.6 Å². The molecule has 0 heterocycles. The molecule has 0 aliphatic heterocycles. The highest BCUT2D eigenvalue weighted by Crippen LogP contribution is 2.28. The molecule has 0 saturated carbocycles. The van der Waals surface area contributed by atoms with E-state index in [0.29, 0.717) is 18.6 Å². The molecule has 0 atom stereocenters. The first-order valence-electron chi connectivity index (χ1n) is 6.23. The van der Waals surface area contributed by atoms with Gasteiger partial charge in [-0.1, -0.05) is 44.2 Å². The molecule has 98 valence electrons. The van der Waals surface area contributed by atoms with E-state index in [1.807, 2.05) is 51.1 Å². The van der Waals surface area contributed by atoms with E-state index in [-0.39, 0.29) is 0 Å². The monoisotopic (exact) mass is 248 g/mol. The van der Waals surface area contributed by atoms with E-state index in [2.05, 4.69) is 0 Å². The zero-order valence-electron chi connectivity index (χ0n) is 11.1. The van der Waals surface area contributed by atoms with Crippen molar-refractivity contribution in [3.8, 4) is 5.75 Å². The first-order valence-corrected chi connectivity index (χ1v) is 6.23. The van der Waals surface area contributed by atoms with Gasteiger partial charge in [-0.3, -0.25) is 0 Å². The Morgan fingerprint density at radius 3 is 2.44 bits per heavy atom. The van der Waals surface area contributed by atoms with Crippen molar-refractivity contribution in [1.82, 2.24) is 0 Å². The Balaban J connectivity index is 3.12. The van der Waals surface area contributed by atoms with E-state index >= 15 is 0 Å². The molecular formula is C15H20O3. The normalized spacial score (nSPS) is 11.7. The molecule has 0 unspecified atom stereocenters. The standard InChI is InChI=1S/C15H20O3/c1-4-9-12-10-7-8-11-13(12)18-15(5-2,6-3)14(16)17/h4,7-11H,5-6H2,1-3H3,(H,16,17)/b9-4+. The molecule has 1 aromatic rings. The van der Waals surface area contributed by atoms with Crippen LogP contribution in [0.2, 0.25) is 0 Å². The number of ether oxygens (including phenoxy) is 1. The Morgan fingerprint density at radius 2 is 1.94 bits per heavy atom. The Bertz CT molecular complexity index is 431. The number of hydrogen-bond acceptors (Lipinski definition) is 2. The topological polar surface area (TPSA) is 46.5 Å². The average Bonchev–Trinajstić information content (AvgIpc) is 2.38. The van der Waals surface area contributed by atoms with Gasteiger partial charge >= 0.3 is 5.97 Å². The molecule has 3 nitrogen and oxygen atoms in total. The van der Waals surface area contributed by atoms with Crippen LogP contribution in [0.15, 0.2) is 30.3 Å². The molecule has 0 fully saturated rings. The predicted molar refractivity (Wildman–Crippen MR) is 72.7 cm³/mol. The van der Waals surface area contributed by atoms with Gasteiger partial charge in [0.05, 0.1) is 0 Å². The molecule has 0 amide bonds. The van der Waals surface area contributed by atoms with Gasteiger partial charge in [-0.25, -0.2) is 4.79 Å². The summed E-state index contributed by atoms with van der Waals surface area (Å²) in [7, 11) is 0. The van der Waals surface area contributed by atoms with Crippen molar-refractivity contribution >= 4 is 12.0 Å². The highest BCUT2D eigenvalue weighted by molar-refractivity contribution is 5.78. The molecule has 0 saturated heterocycles. The van der Waals surface area contributed by atoms with Gasteiger partial charge in [0.15, 0.2) is 0 Å². The summed E-state index contributed by atoms with van der Waals surface area (Å²) in [5, 5.41) is 9.36. The summed E-state index contributed by atoms with van der Waals surface area (Å²) in [6.07, 6.45) is 4.68. The van der Waals surface area contributed by atoms with Gasteiger partial charge in [-0.15, -0.1) is 0 Å². The van der Waals surface area contributed by atoms with E-state index in [9.17, 15) is 9.90 Å². The third kappa shape index (κ3) is 2.92. The fraction of sp³-hybridized carbons (Fsp3) is 0.400. The number of rotatable bonds is 6. The van der Waals surface area contributed by atoms with Crippen LogP contribution in [-0.2, 0) is 4.79 Å². The maximum Gasteiger partial charge on any atom is 0.348 e. The van der Waals surface area contributed by atoms with Crippen molar-refractivity contribution in [3.05, 3.63) is 35.9 Å². The number of hydrogen-bond donors (Lipinski definition) is 1. The van der Waals surface area contributed by atoms with Gasteiger partial charge < -0.3 is 9.84 Å². The SMILES string of the molecule is C/C=C/c1ccccc1OC(CC)(CC)C(=O)O. The Labute approximate surface area is 108 Å². The lowest BCUT2D eigenvalue weighted by atomic mass is 9.97. The molecule has 0 aliphatic rings. The number of para-hydroxylation sites is 1. The molecule has 0 bridgehead atoms. The minimum absolute atomic E-state index is 0.434. The first-order chi connectivity index (χ1) is 8.59. The van der Waals surface area contributed by atoms with Crippen LogP contribution in [0.3, 0.4) is 0 Å². The third-order valence-electron chi connectivity index (χ3n) is 3.10. The summed E-state index contributed by atoms with van der Waals surface area (Å²) < 4.78 is 5.79. The van der Waals surface area contributed by atoms with E-state index in [4.69, 9.17) is 4.74 Å². The van der Waals surface area contributed by atoms with Crippen LogP contribution in [0.25, 0.3) is 6.08 Å². The van der Waals surface area contributed by atoms with E-state index in [0.717, 1.165) is 5.56 Å². The maximum atomic E-state index is 11.4. The maximum absolute atomic E-state index is 11.4. The lowest BCUT2D eigenvalue weighted by Gasteiger charge is -2.28. The van der Waals surface area contributed by atoms with E-state index in [1.165, 1.54) is 0 Å². The van der Waals surface area contributed by atoms with Crippen LogP contribution in [0, 0.1) is 0 Å². The molecule has 1 aromatic carbocycles. The number of carboxylic acid groups (broad SMARTS) is 1. The van der Waals surface area contributed by atoms with Gasteiger partial charge in [0.1, 0.15) is 5.75 Å². The van der Waals surface area contributed by atoms with Gasteiger partial charge in [-0.05, 0) is 25.8 Å². The highest BCUT2D eigenvalue weighted by Gasteiger charge is 2.37. The molecule has 0 spiro atoms. The smallest absolute Gasteiger partial charge is 0.348 e. The average molecular weight is 248 g/mol. The van der Waals surface area contributed by atoms with Gasteiger partial charge in [0.25, 0.3) is 0 Å². The molecule has 1 N–H and O–H groups in total. The van der Waals surface area contributed by atoms with Crippen LogP contribution >= 0.6 is 0 Å². The van der Waals surface area contributed by atoms with E-state index in [1.54, 1.807) is 6.07 Å². The summed E-state index contributed by atoms with van der Waals surface area (Å²) in [6, 6.07) is 7.47. The van der Waals surface area contributed by atoms with Crippen molar-refractivity contribution in [2.45, 2.75) is 39.2 Å². The van der Waals surface area contributed by atoms with Crippen LogP contribution in [0.5, 0.6) is 5.75 Å². The second-order valence-electron chi connectivity index (χ2n) is 4.15. The van der Waals surface area contributed by atoms with Crippen LogP contribution in [0.4, 0.5) is 0 Å². The zero-order valence-corrected chi connectivity index (χ0v) is 11.1. The third-order valence-corrected chi connectivity index (χ3v) is 3.10. The summed E-state index contributed by atoms with van der Waals surface area (Å²) in [5.74, 6) is -0.301. The Kier molecular flexibility index (Phi) is 4.95. The van der Waals surface area contributed by atoms with Gasteiger partial charge in [0.2, 0.25) is 5.60 Å². The lowest BCUT2D eigenvalue weighted by Crippen LogP contribution is -2.43. The van der Waals surface area contributed by atoms with Crippen molar-refractivity contribution in [3.63, 3.8) is 0 Å². The highest BCUT2D eigenvalue weighted by atomic mass is 16.5. The van der Waals surface area contributed by atoms with Crippen LogP contribution in [-0.4, -0.2) is 16.7 Å². The number of aliphatic carboxylic acids is 1. The molecular weight excluding hydrogens is 228 g/mol. The van der Waals surface area contributed by atoms with Gasteiger partial charge in [0, 0.05) is 5.56 Å². The fourth-order valence-corrected chi connectivity index (χ4v) is 1.84. The molecule has 0 aliphatic carbocycles. The number of benzene rings is 1. The number of carbonyl (C=O) groups is 1. The number of allylic oxidation sites excluding steroid dienone is 1. The Morgan fingerprint density at radius 1 is 1.33 bits per heavy atom. The quantitative estimate of drug-likeness (QED) is 0.834. The van der Waals surface area contributed by atoms with Crippen molar-refractivity contribution in [2.24, 2.45) is 0 Å². The zero-order chi connectivity index (χ0) is 13.6. The minimum atomic E-state index is -1.14. The minimum Gasteiger partial charge on any atom is -0.478 e. The second-order valence-corrected chi connectivity index (χ2v) is 4.15. The summed E-state index contributed by atoms with van der Waals surface area (Å²) in [6.45, 7) is 5.58. The van der Waals surface area contributed by atoms with Crippen molar-refractivity contribution < 1.29 is 14.6 Å². The van der Waals surface area contributed by atoms with Crippen molar-refractivity contribution in [2.75, 3.05) is 0 Å². The number of carboxylic acids is 1. The molecule has 1 rings (SSSR count). The molecule has 0 radical (unpaired) electrons. The molecule has 0 aromatic heterocycles. The van der Waals surface area contributed by atoms with Gasteiger partial charge in [-0.2, -0.15) is 0 Å². The Hall–Kier alpha value is -1.77. The lowest BCUT2D eigenvalue weighted by molar-refractivity contribution is -0.156. The molecule has 18 heavy (non-hydrogen) atoms. The summed E-state index contributed by atoms with van der Waals surface area (Å²) in [4.78, 5) is 11.4. The van der Waals surface area contributed by atoms with Crippen molar-refractivity contribution in [1.29, 1.82) is 0 Å². The fourth-order valence-electron chi connectivity index (χ4n) is 1.84. The predicted octanol–water partition coefficient (Wildman–Crippen LogP) is 3.74. The second kappa shape index (κ2) is 6.24. The molecule has 3 heteroatoms. The summed E-state index contributed by atoms with van der Waals surface area (Å²) >= 11 is 0. The summed E-state index contributed by atoms with van der Waals surface area (Å²) in [5.41, 5.74) is -0.245.